The zero-order valence-electron chi connectivity index (χ0n) is 9.14. The van der Waals surface area contributed by atoms with Gasteiger partial charge in [-0.05, 0) is 30.9 Å². The number of hydrogen-bond acceptors (Lipinski definition) is 2. The second-order valence-corrected chi connectivity index (χ2v) is 4.62. The average Bonchev–Trinajstić information content (AvgIpc) is 2.96. The Hall–Kier alpha value is -1.38. The Kier molecular flexibility index (Phi) is 1.81. The van der Waals surface area contributed by atoms with E-state index in [-0.39, 0.29) is 0 Å². The third-order valence-electron chi connectivity index (χ3n) is 2.94. The fraction of sp³-hybridized carbons (Fsp3) is 0.500. The molecular weight excluding hydrogens is 186 g/mol. The number of pyridine rings is 1. The summed E-state index contributed by atoms with van der Waals surface area (Å²) in [6, 6.07) is 6.23. The highest BCUT2D eigenvalue weighted by Crippen LogP contribution is 2.38. The number of nitrogens with zero attached hydrogens (tertiary/aromatic N) is 3. The van der Waals surface area contributed by atoms with E-state index >= 15 is 0 Å². The van der Waals surface area contributed by atoms with Gasteiger partial charge in [-0.1, -0.05) is 19.9 Å². The van der Waals surface area contributed by atoms with E-state index in [1.165, 1.54) is 18.5 Å². The molecule has 3 rings (SSSR count). The van der Waals surface area contributed by atoms with Crippen LogP contribution in [0.5, 0.6) is 0 Å². The predicted octanol–water partition coefficient (Wildman–Crippen LogP) is 2.73. The lowest BCUT2D eigenvalue weighted by molar-refractivity contribution is 0.745. The van der Waals surface area contributed by atoms with Crippen molar-refractivity contribution in [1.82, 2.24) is 14.6 Å². The lowest BCUT2D eigenvalue weighted by Gasteiger charge is -2.06. The SMILES string of the molecule is CC(C)c1cccc2nc(C3CC3)nn12. The van der Waals surface area contributed by atoms with Crippen molar-refractivity contribution in [3.05, 3.63) is 29.7 Å². The van der Waals surface area contributed by atoms with Gasteiger partial charge >= 0.3 is 0 Å². The van der Waals surface area contributed by atoms with Crippen LogP contribution in [0.1, 0.15) is 50.0 Å². The Morgan fingerprint density at radius 2 is 2.13 bits per heavy atom. The lowest BCUT2D eigenvalue weighted by Crippen LogP contribution is -2.00. The molecule has 1 fully saturated rings. The molecule has 0 bridgehead atoms. The van der Waals surface area contributed by atoms with Gasteiger partial charge in [-0.25, -0.2) is 9.50 Å². The molecular formula is C12H15N3. The number of rotatable bonds is 2. The molecule has 0 radical (unpaired) electrons. The zero-order valence-corrected chi connectivity index (χ0v) is 9.14. The molecule has 0 atom stereocenters. The second-order valence-electron chi connectivity index (χ2n) is 4.62. The Balaban J connectivity index is 2.19. The van der Waals surface area contributed by atoms with Crippen LogP contribution < -0.4 is 0 Å². The summed E-state index contributed by atoms with van der Waals surface area (Å²) in [6.45, 7) is 4.38. The highest BCUT2D eigenvalue weighted by atomic mass is 15.3. The van der Waals surface area contributed by atoms with Gasteiger partial charge in [0.25, 0.3) is 0 Å². The van der Waals surface area contributed by atoms with Gasteiger partial charge in [0.2, 0.25) is 0 Å². The molecule has 0 spiro atoms. The predicted molar refractivity (Wildman–Crippen MR) is 59.1 cm³/mol. The molecule has 0 unspecified atom stereocenters. The largest absolute Gasteiger partial charge is 0.217 e. The van der Waals surface area contributed by atoms with E-state index in [1.807, 2.05) is 10.6 Å². The van der Waals surface area contributed by atoms with Gasteiger partial charge in [-0.3, -0.25) is 0 Å². The Labute approximate surface area is 89.1 Å². The first-order valence-corrected chi connectivity index (χ1v) is 5.61. The third kappa shape index (κ3) is 1.42. The van der Waals surface area contributed by atoms with E-state index in [1.54, 1.807) is 0 Å². The summed E-state index contributed by atoms with van der Waals surface area (Å²) >= 11 is 0. The highest BCUT2D eigenvalue weighted by Gasteiger charge is 2.28. The van der Waals surface area contributed by atoms with E-state index in [0.29, 0.717) is 11.8 Å². The zero-order chi connectivity index (χ0) is 10.4. The summed E-state index contributed by atoms with van der Waals surface area (Å²) in [7, 11) is 0. The molecule has 0 amide bonds. The van der Waals surface area contributed by atoms with E-state index in [4.69, 9.17) is 0 Å². The van der Waals surface area contributed by atoms with Crippen LogP contribution in [0.25, 0.3) is 5.65 Å². The summed E-state index contributed by atoms with van der Waals surface area (Å²) in [5.74, 6) is 2.15. The Bertz CT molecular complexity index is 495. The van der Waals surface area contributed by atoms with E-state index in [2.05, 4.69) is 36.1 Å². The summed E-state index contributed by atoms with van der Waals surface area (Å²) in [5, 5.41) is 4.60. The molecule has 1 saturated carbocycles. The van der Waals surface area contributed by atoms with Crippen molar-refractivity contribution >= 4 is 5.65 Å². The molecule has 3 nitrogen and oxygen atoms in total. The van der Waals surface area contributed by atoms with E-state index < -0.39 is 0 Å². The number of aromatic nitrogens is 3. The highest BCUT2D eigenvalue weighted by molar-refractivity contribution is 5.40. The molecule has 1 aliphatic carbocycles. The third-order valence-corrected chi connectivity index (χ3v) is 2.94. The molecule has 0 aliphatic heterocycles. The minimum atomic E-state index is 0.488. The van der Waals surface area contributed by atoms with Gasteiger partial charge in [0.15, 0.2) is 11.5 Å². The van der Waals surface area contributed by atoms with Crippen LogP contribution in [0.2, 0.25) is 0 Å². The molecule has 15 heavy (non-hydrogen) atoms. The van der Waals surface area contributed by atoms with Crippen molar-refractivity contribution in [2.24, 2.45) is 0 Å². The first kappa shape index (κ1) is 8.89. The van der Waals surface area contributed by atoms with Crippen molar-refractivity contribution in [2.75, 3.05) is 0 Å². The van der Waals surface area contributed by atoms with Gasteiger partial charge in [-0.15, -0.1) is 0 Å². The second kappa shape index (κ2) is 3.05. The van der Waals surface area contributed by atoms with Crippen molar-refractivity contribution in [3.8, 4) is 0 Å². The Morgan fingerprint density at radius 1 is 1.33 bits per heavy atom. The number of hydrogen-bond donors (Lipinski definition) is 0. The molecule has 2 aromatic heterocycles. The molecule has 2 aromatic rings. The molecule has 2 heterocycles. The minimum Gasteiger partial charge on any atom is -0.217 e. The standard InChI is InChI=1S/C12H15N3/c1-8(2)10-4-3-5-11-13-12(9-6-7-9)14-15(10)11/h3-5,8-9H,6-7H2,1-2H3. The first-order chi connectivity index (χ1) is 7.25. The van der Waals surface area contributed by atoms with E-state index in [9.17, 15) is 0 Å². The monoisotopic (exact) mass is 201 g/mol. The fourth-order valence-electron chi connectivity index (χ4n) is 1.89. The topological polar surface area (TPSA) is 30.2 Å². The molecule has 3 heteroatoms. The van der Waals surface area contributed by atoms with Gasteiger partial charge in [0.1, 0.15) is 0 Å². The molecule has 0 saturated heterocycles. The van der Waals surface area contributed by atoms with Crippen LogP contribution in [0.4, 0.5) is 0 Å². The maximum Gasteiger partial charge on any atom is 0.155 e. The van der Waals surface area contributed by atoms with E-state index in [0.717, 1.165) is 11.5 Å². The normalized spacial score (nSPS) is 16.5. The van der Waals surface area contributed by atoms with Crippen LogP contribution in [0.15, 0.2) is 18.2 Å². The van der Waals surface area contributed by atoms with Crippen LogP contribution in [-0.4, -0.2) is 14.6 Å². The summed E-state index contributed by atoms with van der Waals surface area (Å²) < 4.78 is 2.00. The summed E-state index contributed by atoms with van der Waals surface area (Å²) in [4.78, 5) is 4.57. The van der Waals surface area contributed by atoms with Gasteiger partial charge in [0.05, 0.1) is 0 Å². The van der Waals surface area contributed by atoms with Crippen LogP contribution in [0, 0.1) is 0 Å². The van der Waals surface area contributed by atoms with Crippen molar-refractivity contribution in [3.63, 3.8) is 0 Å². The molecule has 78 valence electrons. The smallest absolute Gasteiger partial charge is 0.155 e. The molecule has 0 N–H and O–H groups in total. The lowest BCUT2D eigenvalue weighted by atomic mass is 10.1. The van der Waals surface area contributed by atoms with Crippen LogP contribution in [-0.2, 0) is 0 Å². The van der Waals surface area contributed by atoms with Crippen molar-refractivity contribution < 1.29 is 0 Å². The first-order valence-electron chi connectivity index (χ1n) is 5.61. The summed E-state index contributed by atoms with van der Waals surface area (Å²) in [6.07, 6.45) is 2.52. The molecule has 1 aliphatic rings. The van der Waals surface area contributed by atoms with Gasteiger partial charge < -0.3 is 0 Å². The van der Waals surface area contributed by atoms with Crippen molar-refractivity contribution in [2.45, 2.75) is 38.5 Å². The van der Waals surface area contributed by atoms with Crippen LogP contribution in [0.3, 0.4) is 0 Å². The van der Waals surface area contributed by atoms with Crippen LogP contribution >= 0.6 is 0 Å². The minimum absolute atomic E-state index is 0.488. The fourth-order valence-corrected chi connectivity index (χ4v) is 1.89. The van der Waals surface area contributed by atoms with Gasteiger partial charge in [-0.2, -0.15) is 5.10 Å². The maximum atomic E-state index is 4.60. The van der Waals surface area contributed by atoms with Gasteiger partial charge in [0, 0.05) is 11.6 Å². The maximum absolute atomic E-state index is 4.60. The number of fused-ring (bicyclic) bond motifs is 1. The molecule has 0 aromatic carbocycles. The average molecular weight is 201 g/mol. The quantitative estimate of drug-likeness (QED) is 0.747. The summed E-state index contributed by atoms with van der Waals surface area (Å²) in [5.41, 5.74) is 2.23. The Morgan fingerprint density at radius 3 is 2.80 bits per heavy atom. The van der Waals surface area contributed by atoms with Crippen molar-refractivity contribution in [1.29, 1.82) is 0 Å².